The number of likely N-dealkylation sites (N-methyl/N-ethyl adjacent to an activating group) is 1. The van der Waals surface area contributed by atoms with Gasteiger partial charge in [-0.05, 0) is 11.1 Å². The molecule has 0 spiro atoms. The number of nitrogens with zero attached hydrogens (tertiary/aromatic N) is 2. The van der Waals surface area contributed by atoms with Crippen LogP contribution >= 0.6 is 0 Å². The van der Waals surface area contributed by atoms with E-state index in [1.54, 1.807) is 18.2 Å². The Morgan fingerprint density at radius 2 is 1.70 bits per heavy atom. The Morgan fingerprint density at radius 1 is 1.09 bits per heavy atom. The molecule has 33 heavy (non-hydrogen) atoms. The molecule has 1 aliphatic heterocycles. The number of amides is 1. The summed E-state index contributed by atoms with van der Waals surface area (Å²) < 4.78 is 11.1. The number of benzene rings is 2. The highest BCUT2D eigenvalue weighted by atomic mass is 16.6. The van der Waals surface area contributed by atoms with E-state index in [-0.39, 0.29) is 18.6 Å². The molecule has 8 nitrogen and oxygen atoms in total. The van der Waals surface area contributed by atoms with Crippen molar-refractivity contribution in [2.75, 3.05) is 32.0 Å². The van der Waals surface area contributed by atoms with Crippen LogP contribution in [0.3, 0.4) is 0 Å². The number of ether oxygens (including phenoxy) is 1. The molecule has 1 saturated heterocycles. The van der Waals surface area contributed by atoms with E-state index in [1.807, 2.05) is 43.4 Å². The second kappa shape index (κ2) is 8.13. The van der Waals surface area contributed by atoms with Crippen molar-refractivity contribution in [1.82, 2.24) is 5.16 Å². The van der Waals surface area contributed by atoms with Gasteiger partial charge in [0.25, 0.3) is 5.91 Å². The average molecular weight is 448 g/mol. The van der Waals surface area contributed by atoms with Crippen molar-refractivity contribution < 1.29 is 28.4 Å². The van der Waals surface area contributed by atoms with Crippen LogP contribution in [0.15, 0.2) is 65.4 Å². The lowest BCUT2D eigenvalue weighted by atomic mass is 9.91. The summed E-state index contributed by atoms with van der Waals surface area (Å²) in [5.74, 6) is -0.402. The van der Waals surface area contributed by atoms with Gasteiger partial charge in [-0.2, -0.15) is 0 Å². The third kappa shape index (κ3) is 3.81. The van der Waals surface area contributed by atoms with E-state index in [2.05, 4.69) is 10.5 Å². The minimum absolute atomic E-state index is 0.143. The van der Waals surface area contributed by atoms with Crippen LogP contribution in [0.1, 0.15) is 24.0 Å². The van der Waals surface area contributed by atoms with E-state index >= 15 is 0 Å². The summed E-state index contributed by atoms with van der Waals surface area (Å²) in [5.41, 5.74) is 0.978. The Hall–Kier alpha value is -3.49. The standard InChI is InChI=1S/C25H25N3O5/c1-28(16-23(29)26-22-12-15-32-27-22)13-10-17(11-14-28)33-24(30)25(31)20-8-4-2-6-18(20)19-7-3-5-9-21(19)25/h2-9,12,15,17,31H,10-11,13-14,16H2,1H3/p+1. The quantitative estimate of drug-likeness (QED) is 0.460. The fourth-order valence-electron chi connectivity index (χ4n) is 4.92. The van der Waals surface area contributed by atoms with Crippen LogP contribution in [0.2, 0.25) is 0 Å². The summed E-state index contributed by atoms with van der Waals surface area (Å²) in [4.78, 5) is 25.7. The van der Waals surface area contributed by atoms with Crippen LogP contribution in [0.5, 0.6) is 0 Å². The predicted molar refractivity (Wildman–Crippen MR) is 120 cm³/mol. The molecular weight excluding hydrogens is 422 g/mol. The van der Waals surface area contributed by atoms with Crippen LogP contribution in [0.4, 0.5) is 5.82 Å². The Morgan fingerprint density at radius 3 is 2.27 bits per heavy atom. The molecule has 0 unspecified atom stereocenters. The first-order valence-electron chi connectivity index (χ1n) is 11.1. The van der Waals surface area contributed by atoms with Crippen LogP contribution in [0, 0.1) is 0 Å². The average Bonchev–Trinajstić information content (AvgIpc) is 3.41. The molecule has 1 aliphatic carbocycles. The second-order valence-corrected chi connectivity index (χ2v) is 9.06. The fourth-order valence-corrected chi connectivity index (χ4v) is 4.92. The minimum Gasteiger partial charge on any atom is -0.459 e. The van der Waals surface area contributed by atoms with Crippen LogP contribution in [-0.2, 0) is 19.9 Å². The van der Waals surface area contributed by atoms with Crippen molar-refractivity contribution in [3.05, 3.63) is 72.0 Å². The lowest BCUT2D eigenvalue weighted by molar-refractivity contribution is -0.907. The van der Waals surface area contributed by atoms with E-state index in [4.69, 9.17) is 9.26 Å². The summed E-state index contributed by atoms with van der Waals surface area (Å²) in [6, 6.07) is 16.4. The van der Waals surface area contributed by atoms with Gasteiger partial charge in [0.1, 0.15) is 12.4 Å². The lowest BCUT2D eigenvalue weighted by Gasteiger charge is -2.40. The molecule has 3 aromatic rings. The first-order valence-corrected chi connectivity index (χ1v) is 11.1. The smallest absolute Gasteiger partial charge is 0.348 e. The van der Waals surface area contributed by atoms with Crippen molar-refractivity contribution in [3.8, 4) is 11.1 Å². The number of rotatable bonds is 5. The number of fused-ring (bicyclic) bond motifs is 3. The van der Waals surface area contributed by atoms with E-state index in [0.717, 1.165) is 11.1 Å². The molecule has 8 heteroatoms. The minimum atomic E-state index is -1.82. The third-order valence-electron chi connectivity index (χ3n) is 6.71. The monoisotopic (exact) mass is 448 g/mol. The summed E-state index contributed by atoms with van der Waals surface area (Å²) in [5, 5.41) is 18.0. The van der Waals surface area contributed by atoms with E-state index in [1.165, 1.54) is 6.26 Å². The molecule has 0 bridgehead atoms. The first kappa shape index (κ1) is 21.4. The fraction of sp³-hybridized carbons (Fsp3) is 0.320. The van der Waals surface area contributed by atoms with Gasteiger partial charge in [0.15, 0.2) is 12.4 Å². The molecule has 2 heterocycles. The number of aliphatic hydroxyl groups is 1. The van der Waals surface area contributed by atoms with Crippen LogP contribution in [-0.4, -0.2) is 59.4 Å². The summed E-state index contributed by atoms with van der Waals surface area (Å²) in [6.45, 7) is 1.64. The Labute approximate surface area is 191 Å². The van der Waals surface area contributed by atoms with Crippen LogP contribution < -0.4 is 5.32 Å². The van der Waals surface area contributed by atoms with Gasteiger partial charge in [-0.25, -0.2) is 4.79 Å². The highest BCUT2D eigenvalue weighted by molar-refractivity contribution is 5.96. The Kier molecular flexibility index (Phi) is 5.26. The summed E-state index contributed by atoms with van der Waals surface area (Å²) in [7, 11) is 2.01. The number of esters is 1. The normalized spacial score (nSPS) is 22.8. The van der Waals surface area contributed by atoms with Gasteiger partial charge in [-0.1, -0.05) is 53.7 Å². The molecule has 170 valence electrons. The van der Waals surface area contributed by atoms with Gasteiger partial charge in [0.05, 0.1) is 20.1 Å². The highest BCUT2D eigenvalue weighted by Gasteiger charge is 2.50. The van der Waals surface area contributed by atoms with Crippen molar-refractivity contribution >= 4 is 17.7 Å². The van der Waals surface area contributed by atoms with Gasteiger partial charge < -0.3 is 24.2 Å². The Bertz CT molecular complexity index is 1140. The third-order valence-corrected chi connectivity index (χ3v) is 6.71. The molecule has 1 aromatic heterocycles. The number of quaternary nitrogens is 1. The number of carbonyl (C=O) groups excluding carboxylic acids is 2. The SMILES string of the molecule is C[N+]1(CC(=O)Nc2ccon2)CCC(OC(=O)C2(O)c3ccccc3-c3ccccc32)CC1. The zero-order valence-corrected chi connectivity index (χ0v) is 18.4. The maximum atomic E-state index is 13.3. The number of likely N-dealkylation sites (tertiary alicyclic amines) is 1. The molecule has 0 radical (unpaired) electrons. The molecule has 2 aliphatic rings. The second-order valence-electron chi connectivity index (χ2n) is 9.06. The number of hydrogen-bond acceptors (Lipinski definition) is 6. The molecule has 2 aromatic carbocycles. The van der Waals surface area contributed by atoms with Crippen LogP contribution in [0.25, 0.3) is 11.1 Å². The Balaban J connectivity index is 1.25. The topological polar surface area (TPSA) is 102 Å². The molecular formula is C25H26N3O5+. The van der Waals surface area contributed by atoms with Crippen molar-refractivity contribution in [2.45, 2.75) is 24.5 Å². The van der Waals surface area contributed by atoms with Crippen molar-refractivity contribution in [2.24, 2.45) is 0 Å². The van der Waals surface area contributed by atoms with Crippen molar-refractivity contribution in [3.63, 3.8) is 0 Å². The molecule has 2 N–H and O–H groups in total. The maximum Gasteiger partial charge on any atom is 0.348 e. The number of aromatic nitrogens is 1. The van der Waals surface area contributed by atoms with Gasteiger partial charge in [0.2, 0.25) is 5.60 Å². The van der Waals surface area contributed by atoms with Gasteiger partial charge in [-0.15, -0.1) is 0 Å². The first-order chi connectivity index (χ1) is 15.9. The van der Waals surface area contributed by atoms with Gasteiger partial charge >= 0.3 is 5.97 Å². The molecule has 1 amide bonds. The highest BCUT2D eigenvalue weighted by Crippen LogP contribution is 2.48. The largest absolute Gasteiger partial charge is 0.459 e. The number of piperidine rings is 1. The number of nitrogens with one attached hydrogen (secondary N) is 1. The zero-order valence-electron chi connectivity index (χ0n) is 18.4. The van der Waals surface area contributed by atoms with E-state index < -0.39 is 11.6 Å². The maximum absolute atomic E-state index is 13.3. The molecule has 1 fully saturated rings. The number of anilines is 1. The number of hydrogen-bond donors (Lipinski definition) is 2. The predicted octanol–water partition coefficient (Wildman–Crippen LogP) is 2.68. The van der Waals surface area contributed by atoms with Crippen molar-refractivity contribution in [1.29, 1.82) is 0 Å². The summed E-state index contributed by atoms with van der Waals surface area (Å²) in [6.07, 6.45) is 2.31. The van der Waals surface area contributed by atoms with Gasteiger partial charge in [-0.3, -0.25) is 4.79 Å². The molecule has 0 atom stereocenters. The zero-order chi connectivity index (χ0) is 23.1. The van der Waals surface area contributed by atoms with E-state index in [9.17, 15) is 14.7 Å². The summed E-state index contributed by atoms with van der Waals surface area (Å²) >= 11 is 0. The van der Waals surface area contributed by atoms with E-state index in [0.29, 0.717) is 47.4 Å². The lowest BCUT2D eigenvalue weighted by Crippen LogP contribution is -2.55. The molecule has 5 rings (SSSR count). The molecule has 0 saturated carbocycles. The number of carbonyl (C=O) groups is 2. The van der Waals surface area contributed by atoms with Gasteiger partial charge in [0, 0.05) is 30.0 Å².